The van der Waals surface area contributed by atoms with Crippen LogP contribution in [-0.2, 0) is 0 Å². The lowest BCUT2D eigenvalue weighted by Gasteiger charge is -2.16. The Hall–Kier alpha value is 0. The Balaban J connectivity index is 3.43. The molecule has 0 rings (SSSR count). The smallest absolute Gasteiger partial charge is 0.0414 e. The third-order valence-electron chi connectivity index (χ3n) is 8.40. The van der Waals surface area contributed by atoms with Gasteiger partial charge in [0.2, 0.25) is 0 Å². The maximum absolute atomic E-state index is 2.37. The Kier molecular flexibility index (Phi) is 32.0. The minimum absolute atomic E-state index is 1.04. The van der Waals surface area contributed by atoms with Crippen molar-refractivity contribution in [3.63, 3.8) is 0 Å². The van der Waals surface area contributed by atoms with Crippen LogP contribution in [0.3, 0.4) is 0 Å². The summed E-state index contributed by atoms with van der Waals surface area (Å²) in [4.78, 5) is 0. The molecule has 212 valence electrons. The quantitative estimate of drug-likeness (QED) is 0.0844. The van der Waals surface area contributed by atoms with Crippen LogP contribution in [0.5, 0.6) is 0 Å². The van der Waals surface area contributed by atoms with Gasteiger partial charge in [0.05, 0.1) is 0 Å². The van der Waals surface area contributed by atoms with E-state index in [-0.39, 0.29) is 0 Å². The van der Waals surface area contributed by atoms with Gasteiger partial charge in [0.15, 0.2) is 0 Å². The van der Waals surface area contributed by atoms with Crippen LogP contribution < -0.4 is 0 Å². The summed E-state index contributed by atoms with van der Waals surface area (Å²) in [6.45, 7) is 6.99. The van der Waals surface area contributed by atoms with E-state index in [9.17, 15) is 0 Å². The van der Waals surface area contributed by atoms with E-state index >= 15 is 0 Å². The monoisotopic (exact) mass is 493 g/mol. The Morgan fingerprint density at radius 2 is 0.429 bits per heavy atom. The predicted octanol–water partition coefficient (Wildman–Crippen LogP) is 13.8. The highest BCUT2D eigenvalue weighted by molar-refractivity contribution is 4.61. The Morgan fingerprint density at radius 3 is 0.686 bits per heavy atom. The van der Waals surface area contributed by atoms with Crippen LogP contribution >= 0.6 is 0 Å². The Morgan fingerprint density at radius 1 is 0.229 bits per heavy atom. The van der Waals surface area contributed by atoms with Gasteiger partial charge < -0.3 is 0 Å². The lowest BCUT2D eigenvalue weighted by atomic mass is 9.90. The molecule has 0 aliphatic carbocycles. The van der Waals surface area contributed by atoms with Crippen LogP contribution in [0.25, 0.3) is 0 Å². The van der Waals surface area contributed by atoms with Crippen molar-refractivity contribution in [3.8, 4) is 0 Å². The van der Waals surface area contributed by atoms with Gasteiger partial charge in [0, 0.05) is 0 Å². The zero-order valence-electron chi connectivity index (χ0n) is 25.5. The van der Waals surface area contributed by atoms with Gasteiger partial charge in [0.1, 0.15) is 0 Å². The second-order valence-electron chi connectivity index (χ2n) is 12.1. The molecular weight excluding hydrogens is 420 g/mol. The third-order valence-corrected chi connectivity index (χ3v) is 8.40. The summed E-state index contributed by atoms with van der Waals surface area (Å²) >= 11 is 0. The van der Waals surface area contributed by atoms with Crippen LogP contribution in [0.1, 0.15) is 220 Å². The van der Waals surface area contributed by atoms with Gasteiger partial charge in [-0.05, 0) is 5.92 Å². The SMILES string of the molecule is CCCCCCCCCCCCCCCCCCCC(CCCC)CCCCCCCCCCC. The van der Waals surface area contributed by atoms with E-state index in [0.717, 1.165) is 5.92 Å². The van der Waals surface area contributed by atoms with Crippen molar-refractivity contribution >= 4 is 0 Å². The van der Waals surface area contributed by atoms with Crippen molar-refractivity contribution in [2.45, 2.75) is 220 Å². The van der Waals surface area contributed by atoms with Gasteiger partial charge in [-0.1, -0.05) is 220 Å². The third kappa shape index (κ3) is 30.1. The van der Waals surface area contributed by atoms with Crippen molar-refractivity contribution < 1.29 is 0 Å². The zero-order valence-corrected chi connectivity index (χ0v) is 25.5. The van der Waals surface area contributed by atoms with Gasteiger partial charge in [-0.25, -0.2) is 0 Å². The van der Waals surface area contributed by atoms with Crippen LogP contribution in [0.15, 0.2) is 0 Å². The van der Waals surface area contributed by atoms with Gasteiger partial charge in [-0.2, -0.15) is 0 Å². The summed E-state index contributed by atoms with van der Waals surface area (Å²) in [5.41, 5.74) is 0. The summed E-state index contributed by atoms with van der Waals surface area (Å²) in [6, 6.07) is 0. The van der Waals surface area contributed by atoms with Crippen molar-refractivity contribution in [2.75, 3.05) is 0 Å². The van der Waals surface area contributed by atoms with Gasteiger partial charge in [-0.3, -0.25) is 0 Å². The fraction of sp³-hybridized carbons (Fsp3) is 1.00. The molecule has 0 aromatic carbocycles. The molecule has 0 amide bonds. The second kappa shape index (κ2) is 32.0. The molecule has 35 heavy (non-hydrogen) atoms. The van der Waals surface area contributed by atoms with E-state index in [1.807, 2.05) is 0 Å². The molecule has 0 N–H and O–H groups in total. The summed E-state index contributed by atoms with van der Waals surface area (Å²) in [5, 5.41) is 0. The Bertz CT molecular complexity index is 346. The molecule has 0 aliphatic heterocycles. The van der Waals surface area contributed by atoms with Gasteiger partial charge in [0.25, 0.3) is 0 Å². The van der Waals surface area contributed by atoms with Crippen LogP contribution in [0.2, 0.25) is 0 Å². The van der Waals surface area contributed by atoms with E-state index in [1.165, 1.54) is 199 Å². The molecule has 0 heterocycles. The summed E-state index contributed by atoms with van der Waals surface area (Å²) in [6.07, 6.45) is 45.8. The van der Waals surface area contributed by atoms with Crippen molar-refractivity contribution in [3.05, 3.63) is 0 Å². The number of rotatable bonds is 31. The first kappa shape index (κ1) is 35.0. The maximum atomic E-state index is 2.37. The van der Waals surface area contributed by atoms with E-state index in [1.54, 1.807) is 0 Å². The van der Waals surface area contributed by atoms with Crippen LogP contribution in [-0.4, -0.2) is 0 Å². The van der Waals surface area contributed by atoms with Crippen molar-refractivity contribution in [1.29, 1.82) is 0 Å². The molecule has 0 aromatic rings. The van der Waals surface area contributed by atoms with Crippen molar-refractivity contribution in [1.82, 2.24) is 0 Å². The van der Waals surface area contributed by atoms with Crippen LogP contribution in [0, 0.1) is 5.92 Å². The lowest BCUT2D eigenvalue weighted by molar-refractivity contribution is 0.370. The minimum Gasteiger partial charge on any atom is -0.0654 e. The fourth-order valence-electron chi connectivity index (χ4n) is 5.83. The Labute approximate surface area is 225 Å². The number of hydrogen-bond acceptors (Lipinski definition) is 0. The molecule has 1 unspecified atom stereocenters. The normalized spacial score (nSPS) is 12.4. The zero-order chi connectivity index (χ0) is 25.5. The van der Waals surface area contributed by atoms with E-state index < -0.39 is 0 Å². The molecule has 0 saturated carbocycles. The molecule has 0 fully saturated rings. The molecule has 0 heteroatoms. The van der Waals surface area contributed by atoms with Crippen LogP contribution in [0.4, 0.5) is 0 Å². The highest BCUT2D eigenvalue weighted by atomic mass is 14.1. The average Bonchev–Trinajstić information content (AvgIpc) is 2.87. The molecule has 0 aliphatic rings. The summed E-state index contributed by atoms with van der Waals surface area (Å²) in [5.74, 6) is 1.04. The number of unbranched alkanes of at least 4 members (excludes halogenated alkanes) is 25. The first-order valence-electron chi connectivity index (χ1n) is 17.3. The molecule has 0 bridgehead atoms. The highest BCUT2D eigenvalue weighted by Crippen LogP contribution is 2.24. The van der Waals surface area contributed by atoms with E-state index in [2.05, 4.69) is 20.8 Å². The predicted molar refractivity (Wildman–Crippen MR) is 164 cm³/mol. The standard InChI is InChI=1S/C35H72/c1-4-7-10-12-14-16-17-18-19-20-21-22-23-25-27-29-31-34-35(32-9-6-3)33-30-28-26-24-15-13-11-8-5-2/h35H,4-34H2,1-3H3. The number of hydrogen-bond donors (Lipinski definition) is 0. The second-order valence-corrected chi connectivity index (χ2v) is 12.1. The molecule has 0 saturated heterocycles. The molecular formula is C35H72. The fourth-order valence-corrected chi connectivity index (χ4v) is 5.83. The van der Waals surface area contributed by atoms with E-state index in [0.29, 0.717) is 0 Å². The molecule has 0 spiro atoms. The van der Waals surface area contributed by atoms with E-state index in [4.69, 9.17) is 0 Å². The first-order chi connectivity index (χ1) is 17.3. The minimum atomic E-state index is 1.04. The summed E-state index contributed by atoms with van der Waals surface area (Å²) < 4.78 is 0. The first-order valence-corrected chi connectivity index (χ1v) is 17.3. The van der Waals surface area contributed by atoms with Gasteiger partial charge in [-0.15, -0.1) is 0 Å². The molecule has 1 atom stereocenters. The average molecular weight is 493 g/mol. The lowest BCUT2D eigenvalue weighted by Crippen LogP contribution is -2.01. The largest absolute Gasteiger partial charge is 0.0654 e. The molecule has 0 radical (unpaired) electrons. The van der Waals surface area contributed by atoms with Crippen molar-refractivity contribution in [2.24, 2.45) is 5.92 Å². The molecule has 0 nitrogen and oxygen atoms in total. The van der Waals surface area contributed by atoms with Gasteiger partial charge >= 0.3 is 0 Å². The highest BCUT2D eigenvalue weighted by Gasteiger charge is 2.08. The maximum Gasteiger partial charge on any atom is -0.0414 e. The summed E-state index contributed by atoms with van der Waals surface area (Å²) in [7, 11) is 0. The molecule has 0 aromatic heterocycles. The topological polar surface area (TPSA) is 0 Å².